The molecule has 0 aliphatic carbocycles. The van der Waals surface area contributed by atoms with E-state index in [1.807, 2.05) is 0 Å². The number of carbonyl (C=O) groups excluding carboxylic acids is 1. The molecular weight excluding hydrogens is 176 g/mol. The van der Waals surface area contributed by atoms with Crippen LogP contribution in [0, 0.1) is 5.41 Å². The number of amides is 1. The molecule has 0 aliphatic rings. The van der Waals surface area contributed by atoms with Crippen molar-refractivity contribution in [3.8, 4) is 0 Å². The predicted octanol–water partition coefficient (Wildman–Crippen LogP) is 1.67. The Morgan fingerprint density at radius 2 is 1.79 bits per heavy atom. The van der Waals surface area contributed by atoms with Gasteiger partial charge < -0.3 is 11.1 Å². The smallest absolute Gasteiger partial charge is 0.239 e. The summed E-state index contributed by atoms with van der Waals surface area (Å²) in [4.78, 5) is 11.5. The molecule has 0 aromatic rings. The van der Waals surface area contributed by atoms with Gasteiger partial charge in [0.1, 0.15) is 0 Å². The third-order valence-electron chi connectivity index (χ3n) is 2.24. The summed E-state index contributed by atoms with van der Waals surface area (Å²) in [6.45, 7) is 10.6. The maximum Gasteiger partial charge on any atom is 0.239 e. The Bertz CT molecular complexity index is 192. The summed E-state index contributed by atoms with van der Waals surface area (Å²) in [5, 5.41) is 2.88. The first-order chi connectivity index (χ1) is 6.19. The van der Waals surface area contributed by atoms with Crippen LogP contribution in [0.1, 0.15) is 47.5 Å². The van der Waals surface area contributed by atoms with E-state index in [2.05, 4.69) is 26.1 Å². The van der Waals surface area contributed by atoms with Crippen LogP contribution >= 0.6 is 0 Å². The van der Waals surface area contributed by atoms with E-state index in [9.17, 15) is 4.79 Å². The summed E-state index contributed by atoms with van der Waals surface area (Å²) < 4.78 is 0. The van der Waals surface area contributed by atoms with Crippen LogP contribution in [-0.4, -0.2) is 18.0 Å². The van der Waals surface area contributed by atoms with E-state index >= 15 is 0 Å². The molecule has 0 radical (unpaired) electrons. The Hall–Kier alpha value is -0.570. The Kier molecular flexibility index (Phi) is 4.59. The van der Waals surface area contributed by atoms with Crippen LogP contribution in [0.15, 0.2) is 0 Å². The van der Waals surface area contributed by atoms with E-state index in [1.54, 1.807) is 13.8 Å². The fraction of sp³-hybridized carbons (Fsp3) is 0.909. The van der Waals surface area contributed by atoms with Crippen molar-refractivity contribution in [1.82, 2.24) is 5.32 Å². The van der Waals surface area contributed by atoms with Gasteiger partial charge in [0.05, 0.1) is 5.54 Å². The lowest BCUT2D eigenvalue weighted by atomic mass is 9.88. The van der Waals surface area contributed by atoms with Crippen molar-refractivity contribution in [3.05, 3.63) is 0 Å². The maximum absolute atomic E-state index is 11.5. The molecule has 0 bridgehead atoms. The molecule has 1 amide bonds. The quantitative estimate of drug-likeness (QED) is 0.709. The molecule has 0 aromatic carbocycles. The molecule has 14 heavy (non-hydrogen) atoms. The third-order valence-corrected chi connectivity index (χ3v) is 2.24. The minimum atomic E-state index is -0.776. The van der Waals surface area contributed by atoms with E-state index < -0.39 is 5.54 Å². The van der Waals surface area contributed by atoms with Gasteiger partial charge in [-0.05, 0) is 25.7 Å². The van der Waals surface area contributed by atoms with Crippen molar-refractivity contribution in [2.24, 2.45) is 11.1 Å². The predicted molar refractivity (Wildman–Crippen MR) is 60.0 cm³/mol. The molecule has 0 saturated heterocycles. The van der Waals surface area contributed by atoms with Gasteiger partial charge in [-0.1, -0.05) is 27.2 Å². The lowest BCUT2D eigenvalue weighted by Gasteiger charge is -2.26. The highest BCUT2D eigenvalue weighted by Gasteiger charge is 2.24. The Morgan fingerprint density at radius 1 is 1.29 bits per heavy atom. The van der Waals surface area contributed by atoms with Crippen molar-refractivity contribution in [1.29, 1.82) is 0 Å². The molecule has 0 fully saturated rings. The number of nitrogens with two attached hydrogens (primary N) is 1. The second-order valence-electron chi connectivity index (χ2n) is 5.32. The molecule has 0 saturated carbocycles. The summed E-state index contributed by atoms with van der Waals surface area (Å²) in [5.74, 6) is -0.0818. The molecule has 0 heterocycles. The van der Waals surface area contributed by atoms with Gasteiger partial charge in [-0.2, -0.15) is 0 Å². The van der Waals surface area contributed by atoms with Crippen LogP contribution in [0.5, 0.6) is 0 Å². The van der Waals surface area contributed by atoms with Gasteiger partial charge in [0.2, 0.25) is 5.91 Å². The van der Waals surface area contributed by atoms with Gasteiger partial charge in [-0.15, -0.1) is 0 Å². The zero-order valence-corrected chi connectivity index (χ0v) is 10.1. The highest BCUT2D eigenvalue weighted by molar-refractivity contribution is 5.85. The number of nitrogens with one attached hydrogen (secondary N) is 1. The second kappa shape index (κ2) is 4.78. The summed E-state index contributed by atoms with van der Waals surface area (Å²) in [6.07, 6.45) is 2.24. The molecule has 0 aromatic heterocycles. The summed E-state index contributed by atoms with van der Waals surface area (Å²) in [6, 6.07) is 0. The number of hydrogen-bond donors (Lipinski definition) is 2. The molecular formula is C11H24N2O. The first-order valence-electron chi connectivity index (χ1n) is 5.26. The zero-order chi connectivity index (χ0) is 11.4. The van der Waals surface area contributed by atoms with E-state index in [0.29, 0.717) is 6.54 Å². The molecule has 84 valence electrons. The van der Waals surface area contributed by atoms with Crippen LogP contribution in [-0.2, 0) is 4.79 Å². The topological polar surface area (TPSA) is 55.1 Å². The molecule has 0 aliphatic heterocycles. The maximum atomic E-state index is 11.5. The van der Waals surface area contributed by atoms with Crippen molar-refractivity contribution in [3.63, 3.8) is 0 Å². The molecule has 3 nitrogen and oxygen atoms in total. The SMILES string of the molecule is CCCC(C)(C)CNC(=O)C(C)(C)N. The van der Waals surface area contributed by atoms with Gasteiger partial charge in [0, 0.05) is 6.54 Å². The van der Waals surface area contributed by atoms with Crippen molar-refractivity contribution >= 4 is 5.91 Å². The largest absolute Gasteiger partial charge is 0.354 e. The van der Waals surface area contributed by atoms with E-state index in [4.69, 9.17) is 5.73 Å². The van der Waals surface area contributed by atoms with Crippen LogP contribution in [0.25, 0.3) is 0 Å². The van der Waals surface area contributed by atoms with E-state index in [0.717, 1.165) is 12.8 Å². The highest BCUT2D eigenvalue weighted by Crippen LogP contribution is 2.20. The molecule has 3 heteroatoms. The normalized spacial score (nSPS) is 12.7. The number of rotatable bonds is 5. The van der Waals surface area contributed by atoms with Crippen molar-refractivity contribution in [2.75, 3.05) is 6.54 Å². The molecule has 0 spiro atoms. The van der Waals surface area contributed by atoms with E-state index in [1.165, 1.54) is 0 Å². The number of hydrogen-bond acceptors (Lipinski definition) is 2. The summed E-state index contributed by atoms with van der Waals surface area (Å²) in [7, 11) is 0. The second-order valence-corrected chi connectivity index (χ2v) is 5.32. The number of carbonyl (C=O) groups is 1. The van der Waals surface area contributed by atoms with Gasteiger partial charge in [-0.3, -0.25) is 4.79 Å². The Balaban J connectivity index is 4.00. The minimum Gasteiger partial charge on any atom is -0.354 e. The van der Waals surface area contributed by atoms with Gasteiger partial charge in [0.15, 0.2) is 0 Å². The monoisotopic (exact) mass is 200 g/mol. The van der Waals surface area contributed by atoms with Gasteiger partial charge in [-0.25, -0.2) is 0 Å². The van der Waals surface area contributed by atoms with E-state index in [-0.39, 0.29) is 11.3 Å². The first kappa shape index (κ1) is 13.4. The van der Waals surface area contributed by atoms with Gasteiger partial charge in [0.25, 0.3) is 0 Å². The zero-order valence-electron chi connectivity index (χ0n) is 10.1. The average molecular weight is 200 g/mol. The van der Waals surface area contributed by atoms with Crippen LogP contribution in [0.2, 0.25) is 0 Å². The molecule has 3 N–H and O–H groups in total. The van der Waals surface area contributed by atoms with Crippen molar-refractivity contribution in [2.45, 2.75) is 53.0 Å². The van der Waals surface area contributed by atoms with Crippen LogP contribution < -0.4 is 11.1 Å². The van der Waals surface area contributed by atoms with Crippen LogP contribution in [0.4, 0.5) is 0 Å². The Labute approximate surface area is 87.4 Å². The van der Waals surface area contributed by atoms with Crippen molar-refractivity contribution < 1.29 is 4.79 Å². The standard InChI is InChI=1S/C11H24N2O/c1-6-7-10(2,3)8-13-9(14)11(4,5)12/h6-8,12H2,1-5H3,(H,13,14). The first-order valence-corrected chi connectivity index (χ1v) is 5.26. The fourth-order valence-corrected chi connectivity index (χ4v) is 1.31. The third kappa shape index (κ3) is 5.22. The molecule has 0 rings (SSSR count). The minimum absolute atomic E-state index is 0.0818. The fourth-order valence-electron chi connectivity index (χ4n) is 1.31. The average Bonchev–Trinajstić information content (AvgIpc) is 1.98. The summed E-state index contributed by atoms with van der Waals surface area (Å²) >= 11 is 0. The lowest BCUT2D eigenvalue weighted by molar-refractivity contribution is -0.125. The Morgan fingerprint density at radius 3 is 2.14 bits per heavy atom. The lowest BCUT2D eigenvalue weighted by Crippen LogP contribution is -2.51. The molecule has 0 atom stereocenters. The molecule has 0 unspecified atom stereocenters. The highest BCUT2D eigenvalue weighted by atomic mass is 16.2. The van der Waals surface area contributed by atoms with Gasteiger partial charge >= 0.3 is 0 Å². The summed E-state index contributed by atoms with van der Waals surface area (Å²) in [5.41, 5.74) is 5.06. The van der Waals surface area contributed by atoms with Crippen LogP contribution in [0.3, 0.4) is 0 Å².